The van der Waals surface area contributed by atoms with Gasteiger partial charge in [0, 0.05) is 6.20 Å². The lowest BCUT2D eigenvalue weighted by atomic mass is 10.4. The zero-order valence-electron chi connectivity index (χ0n) is 7.50. The van der Waals surface area contributed by atoms with Gasteiger partial charge in [0.05, 0.1) is 13.2 Å². The summed E-state index contributed by atoms with van der Waals surface area (Å²) in [5, 5.41) is 0. The SMILES string of the molecule is CCOC(=O)c1cccn1CCF. The Kier molecular flexibility index (Phi) is 3.49. The second-order valence-electron chi connectivity index (χ2n) is 2.50. The summed E-state index contributed by atoms with van der Waals surface area (Å²) in [5.41, 5.74) is 0.402. The number of aromatic nitrogens is 1. The highest BCUT2D eigenvalue weighted by atomic mass is 19.1. The Morgan fingerprint density at radius 3 is 3.08 bits per heavy atom. The fraction of sp³-hybridized carbons (Fsp3) is 0.444. The molecule has 0 aliphatic rings. The van der Waals surface area contributed by atoms with Crippen LogP contribution in [-0.2, 0) is 11.3 Å². The van der Waals surface area contributed by atoms with E-state index in [-0.39, 0.29) is 6.54 Å². The third-order valence-electron chi connectivity index (χ3n) is 1.64. The minimum atomic E-state index is -0.485. The van der Waals surface area contributed by atoms with Gasteiger partial charge in [-0.3, -0.25) is 0 Å². The van der Waals surface area contributed by atoms with E-state index in [0.29, 0.717) is 12.3 Å². The molecule has 0 saturated heterocycles. The molecule has 0 radical (unpaired) electrons. The number of halogens is 1. The number of hydrogen-bond acceptors (Lipinski definition) is 2. The topological polar surface area (TPSA) is 31.2 Å². The molecular weight excluding hydrogens is 173 g/mol. The molecule has 1 aromatic rings. The molecule has 0 bridgehead atoms. The van der Waals surface area contributed by atoms with Crippen LogP contribution in [0.1, 0.15) is 17.4 Å². The third kappa shape index (κ3) is 2.31. The zero-order chi connectivity index (χ0) is 9.68. The number of carbonyl (C=O) groups excluding carboxylic acids is 1. The average Bonchev–Trinajstić information content (AvgIpc) is 2.54. The van der Waals surface area contributed by atoms with Gasteiger partial charge in [-0.2, -0.15) is 0 Å². The van der Waals surface area contributed by atoms with Crippen molar-refractivity contribution in [3.63, 3.8) is 0 Å². The Labute approximate surface area is 76.1 Å². The highest BCUT2D eigenvalue weighted by Gasteiger charge is 2.10. The maximum atomic E-state index is 12.0. The van der Waals surface area contributed by atoms with Crippen LogP contribution in [0.4, 0.5) is 4.39 Å². The molecule has 3 nitrogen and oxygen atoms in total. The molecule has 72 valence electrons. The van der Waals surface area contributed by atoms with Gasteiger partial charge in [0.2, 0.25) is 0 Å². The average molecular weight is 185 g/mol. The van der Waals surface area contributed by atoms with Crippen LogP contribution in [0.5, 0.6) is 0 Å². The Bertz CT molecular complexity index is 283. The van der Waals surface area contributed by atoms with Crippen molar-refractivity contribution in [2.24, 2.45) is 0 Å². The van der Waals surface area contributed by atoms with Gasteiger partial charge in [0.15, 0.2) is 0 Å². The standard InChI is InChI=1S/C9H12FNO2/c1-2-13-9(12)8-4-3-6-11(8)7-5-10/h3-4,6H,2,5,7H2,1H3. The fourth-order valence-corrected chi connectivity index (χ4v) is 1.09. The minimum Gasteiger partial charge on any atom is -0.461 e. The molecule has 0 saturated carbocycles. The highest BCUT2D eigenvalue weighted by molar-refractivity contribution is 5.87. The first kappa shape index (κ1) is 9.77. The van der Waals surface area contributed by atoms with E-state index >= 15 is 0 Å². The molecule has 0 N–H and O–H groups in total. The van der Waals surface area contributed by atoms with Crippen molar-refractivity contribution < 1.29 is 13.9 Å². The van der Waals surface area contributed by atoms with Crippen molar-refractivity contribution in [1.29, 1.82) is 0 Å². The van der Waals surface area contributed by atoms with Gasteiger partial charge in [-0.25, -0.2) is 9.18 Å². The minimum absolute atomic E-state index is 0.196. The Hall–Kier alpha value is -1.32. The van der Waals surface area contributed by atoms with Crippen molar-refractivity contribution in [2.45, 2.75) is 13.5 Å². The van der Waals surface area contributed by atoms with Gasteiger partial charge < -0.3 is 9.30 Å². The quantitative estimate of drug-likeness (QED) is 0.667. The van der Waals surface area contributed by atoms with Gasteiger partial charge in [0.1, 0.15) is 12.4 Å². The number of carbonyl (C=O) groups is 1. The van der Waals surface area contributed by atoms with E-state index < -0.39 is 12.6 Å². The molecule has 13 heavy (non-hydrogen) atoms. The van der Waals surface area contributed by atoms with Crippen molar-refractivity contribution >= 4 is 5.97 Å². The summed E-state index contributed by atoms with van der Waals surface area (Å²) in [5.74, 6) is -0.402. The second-order valence-corrected chi connectivity index (χ2v) is 2.50. The Balaban J connectivity index is 2.74. The predicted octanol–water partition coefficient (Wildman–Crippen LogP) is 1.63. The maximum Gasteiger partial charge on any atom is 0.354 e. The van der Waals surface area contributed by atoms with E-state index in [9.17, 15) is 9.18 Å². The summed E-state index contributed by atoms with van der Waals surface area (Å²) >= 11 is 0. The van der Waals surface area contributed by atoms with Crippen LogP contribution in [-0.4, -0.2) is 23.8 Å². The predicted molar refractivity (Wildman–Crippen MR) is 46.4 cm³/mol. The second kappa shape index (κ2) is 4.64. The summed E-state index contributed by atoms with van der Waals surface area (Å²) in [6.07, 6.45) is 1.66. The van der Waals surface area contributed by atoms with Crippen LogP contribution < -0.4 is 0 Å². The Morgan fingerprint density at radius 2 is 2.46 bits per heavy atom. The van der Waals surface area contributed by atoms with Crippen molar-refractivity contribution in [3.8, 4) is 0 Å². The smallest absolute Gasteiger partial charge is 0.354 e. The van der Waals surface area contributed by atoms with E-state index in [1.54, 1.807) is 25.3 Å². The lowest BCUT2D eigenvalue weighted by Gasteiger charge is -2.05. The molecule has 0 aliphatic heterocycles. The summed E-state index contributed by atoms with van der Waals surface area (Å²) in [4.78, 5) is 11.2. The van der Waals surface area contributed by atoms with Crippen LogP contribution >= 0.6 is 0 Å². The fourth-order valence-electron chi connectivity index (χ4n) is 1.09. The molecule has 1 rings (SSSR count). The first-order valence-corrected chi connectivity index (χ1v) is 4.17. The summed E-state index contributed by atoms with van der Waals surface area (Å²) in [7, 11) is 0. The number of aryl methyl sites for hydroxylation is 1. The number of hydrogen-bond donors (Lipinski definition) is 0. The molecule has 0 atom stereocenters. The third-order valence-corrected chi connectivity index (χ3v) is 1.64. The summed E-state index contributed by atoms with van der Waals surface area (Å²) in [6, 6.07) is 3.32. The van der Waals surface area contributed by atoms with Gasteiger partial charge in [-0.1, -0.05) is 0 Å². The first-order chi connectivity index (χ1) is 6.29. The summed E-state index contributed by atoms with van der Waals surface area (Å²) in [6.45, 7) is 1.78. The van der Waals surface area contributed by atoms with E-state index in [2.05, 4.69) is 0 Å². The van der Waals surface area contributed by atoms with Gasteiger partial charge >= 0.3 is 5.97 Å². The molecule has 0 aliphatic carbocycles. The van der Waals surface area contributed by atoms with E-state index in [1.807, 2.05) is 0 Å². The number of rotatable bonds is 4. The van der Waals surface area contributed by atoms with Crippen LogP contribution in [0.15, 0.2) is 18.3 Å². The molecule has 0 amide bonds. The van der Waals surface area contributed by atoms with Gasteiger partial charge in [-0.15, -0.1) is 0 Å². The van der Waals surface area contributed by atoms with E-state index in [4.69, 9.17) is 4.74 Å². The molecule has 4 heteroatoms. The molecule has 0 spiro atoms. The number of ether oxygens (including phenoxy) is 1. The van der Waals surface area contributed by atoms with Crippen molar-refractivity contribution in [2.75, 3.05) is 13.3 Å². The lowest BCUT2D eigenvalue weighted by molar-refractivity contribution is 0.0513. The molecule has 1 aromatic heterocycles. The van der Waals surface area contributed by atoms with Crippen LogP contribution in [0.25, 0.3) is 0 Å². The molecule has 0 fully saturated rings. The number of nitrogens with zero attached hydrogens (tertiary/aromatic N) is 1. The van der Waals surface area contributed by atoms with Gasteiger partial charge in [-0.05, 0) is 19.1 Å². The lowest BCUT2D eigenvalue weighted by Crippen LogP contribution is -2.12. The largest absolute Gasteiger partial charge is 0.461 e. The van der Waals surface area contributed by atoms with Crippen molar-refractivity contribution in [3.05, 3.63) is 24.0 Å². The number of esters is 1. The van der Waals surface area contributed by atoms with E-state index in [1.165, 1.54) is 4.57 Å². The normalized spacial score (nSPS) is 10.0. The molecular formula is C9H12FNO2. The first-order valence-electron chi connectivity index (χ1n) is 4.17. The number of alkyl halides is 1. The molecule has 0 unspecified atom stereocenters. The zero-order valence-corrected chi connectivity index (χ0v) is 7.50. The van der Waals surface area contributed by atoms with Crippen LogP contribution in [0.2, 0.25) is 0 Å². The Morgan fingerprint density at radius 1 is 1.69 bits per heavy atom. The maximum absolute atomic E-state index is 12.0. The van der Waals surface area contributed by atoms with E-state index in [0.717, 1.165) is 0 Å². The van der Waals surface area contributed by atoms with Gasteiger partial charge in [0.25, 0.3) is 0 Å². The summed E-state index contributed by atoms with van der Waals surface area (Å²) < 4.78 is 18.3. The molecule has 1 heterocycles. The monoisotopic (exact) mass is 185 g/mol. The van der Waals surface area contributed by atoms with Crippen molar-refractivity contribution in [1.82, 2.24) is 4.57 Å². The van der Waals surface area contributed by atoms with Crippen LogP contribution in [0, 0.1) is 0 Å². The highest BCUT2D eigenvalue weighted by Crippen LogP contribution is 2.04. The molecule has 0 aromatic carbocycles. The van der Waals surface area contributed by atoms with Crippen LogP contribution in [0.3, 0.4) is 0 Å².